The minimum atomic E-state index is -0.448. The van der Waals surface area contributed by atoms with Crippen LogP contribution in [-0.2, 0) is 0 Å². The standard InChI is InChI=1S/C21H39NO2/c1-16(2)20(23)9-7-19(8-10-20)6-5-18(19)15-17(3)21(24)11-13-22(4)14-12-21/h16-18,23-24H,5-15H2,1-4H3. The van der Waals surface area contributed by atoms with Crippen LogP contribution in [-0.4, -0.2) is 46.5 Å². The molecule has 3 heteroatoms. The molecule has 2 N–H and O–H groups in total. The Labute approximate surface area is 148 Å². The maximum absolute atomic E-state index is 11.1. The van der Waals surface area contributed by atoms with Crippen LogP contribution in [0.15, 0.2) is 0 Å². The van der Waals surface area contributed by atoms with Gasteiger partial charge in [-0.05, 0) is 88.0 Å². The van der Waals surface area contributed by atoms with Crippen molar-refractivity contribution in [2.45, 2.75) is 89.8 Å². The van der Waals surface area contributed by atoms with Gasteiger partial charge in [0.2, 0.25) is 0 Å². The summed E-state index contributed by atoms with van der Waals surface area (Å²) in [5, 5.41) is 21.9. The number of nitrogens with zero attached hydrogens (tertiary/aromatic N) is 1. The minimum absolute atomic E-state index is 0.368. The summed E-state index contributed by atoms with van der Waals surface area (Å²) in [6.45, 7) is 8.66. The summed E-state index contributed by atoms with van der Waals surface area (Å²) in [5.74, 6) is 1.54. The molecule has 1 heterocycles. The van der Waals surface area contributed by atoms with Crippen LogP contribution in [0.5, 0.6) is 0 Å². The predicted octanol–water partition coefficient (Wildman–Crippen LogP) is 3.83. The number of likely N-dealkylation sites (tertiary alicyclic amines) is 1. The average Bonchev–Trinajstić information content (AvgIpc) is 2.55. The van der Waals surface area contributed by atoms with Crippen molar-refractivity contribution in [2.75, 3.05) is 20.1 Å². The SMILES string of the molecule is CC(C)C1(O)CCC2(CCC2CC(C)C2(O)CCN(C)CC2)CC1. The second kappa shape index (κ2) is 6.55. The Hall–Kier alpha value is -0.120. The van der Waals surface area contributed by atoms with Crippen LogP contribution in [0.25, 0.3) is 0 Å². The summed E-state index contributed by atoms with van der Waals surface area (Å²) in [5.41, 5.74) is -0.392. The summed E-state index contributed by atoms with van der Waals surface area (Å²) >= 11 is 0. The summed E-state index contributed by atoms with van der Waals surface area (Å²) in [6.07, 6.45) is 10.1. The zero-order valence-corrected chi connectivity index (χ0v) is 16.4. The molecule has 2 unspecified atom stereocenters. The normalized spacial score (nSPS) is 41.4. The van der Waals surface area contributed by atoms with Crippen molar-refractivity contribution in [1.29, 1.82) is 0 Å². The highest BCUT2D eigenvalue weighted by molar-refractivity contribution is 5.04. The number of piperidine rings is 1. The largest absolute Gasteiger partial charge is 0.390 e. The highest BCUT2D eigenvalue weighted by atomic mass is 16.3. The van der Waals surface area contributed by atoms with E-state index in [1.165, 1.54) is 32.1 Å². The first-order valence-electron chi connectivity index (χ1n) is 10.3. The Morgan fingerprint density at radius 1 is 0.875 bits per heavy atom. The van der Waals surface area contributed by atoms with E-state index in [1.54, 1.807) is 0 Å². The Morgan fingerprint density at radius 3 is 1.92 bits per heavy atom. The van der Waals surface area contributed by atoms with Crippen LogP contribution in [0.4, 0.5) is 0 Å². The molecule has 0 aromatic carbocycles. The summed E-state index contributed by atoms with van der Waals surface area (Å²) in [6, 6.07) is 0. The first-order chi connectivity index (χ1) is 11.2. The van der Waals surface area contributed by atoms with Gasteiger partial charge < -0.3 is 15.1 Å². The Morgan fingerprint density at radius 2 is 1.46 bits per heavy atom. The Bertz CT molecular complexity index is 431. The molecule has 2 saturated carbocycles. The summed E-state index contributed by atoms with van der Waals surface area (Å²) in [4.78, 5) is 2.33. The van der Waals surface area contributed by atoms with E-state index < -0.39 is 11.2 Å². The zero-order chi connectivity index (χ0) is 17.6. The molecule has 0 aromatic rings. The lowest BCUT2D eigenvalue weighted by Gasteiger charge is -2.57. The molecule has 140 valence electrons. The van der Waals surface area contributed by atoms with Gasteiger partial charge in [0, 0.05) is 13.1 Å². The van der Waals surface area contributed by atoms with Gasteiger partial charge in [-0.1, -0.05) is 20.8 Å². The Balaban J connectivity index is 1.57. The van der Waals surface area contributed by atoms with Gasteiger partial charge in [-0.25, -0.2) is 0 Å². The monoisotopic (exact) mass is 337 g/mol. The first-order valence-corrected chi connectivity index (χ1v) is 10.3. The molecule has 1 spiro atoms. The van der Waals surface area contributed by atoms with Crippen molar-refractivity contribution in [3.63, 3.8) is 0 Å². The zero-order valence-electron chi connectivity index (χ0n) is 16.4. The van der Waals surface area contributed by atoms with Crippen molar-refractivity contribution in [1.82, 2.24) is 4.90 Å². The van der Waals surface area contributed by atoms with Gasteiger partial charge >= 0.3 is 0 Å². The molecule has 0 amide bonds. The van der Waals surface area contributed by atoms with E-state index in [0.29, 0.717) is 17.3 Å². The molecule has 3 rings (SSSR count). The first kappa shape index (κ1) is 18.7. The lowest BCUT2D eigenvalue weighted by molar-refractivity contribution is -0.127. The van der Waals surface area contributed by atoms with E-state index in [0.717, 1.165) is 44.7 Å². The van der Waals surface area contributed by atoms with Crippen molar-refractivity contribution in [3.05, 3.63) is 0 Å². The van der Waals surface area contributed by atoms with Crippen molar-refractivity contribution < 1.29 is 10.2 Å². The van der Waals surface area contributed by atoms with E-state index in [9.17, 15) is 10.2 Å². The number of hydrogen-bond donors (Lipinski definition) is 2. The number of rotatable bonds is 4. The highest BCUT2D eigenvalue weighted by Gasteiger charge is 2.52. The van der Waals surface area contributed by atoms with Crippen LogP contribution in [0.2, 0.25) is 0 Å². The predicted molar refractivity (Wildman–Crippen MR) is 98.9 cm³/mol. The van der Waals surface area contributed by atoms with E-state index in [2.05, 4.69) is 32.7 Å². The second-order valence-electron chi connectivity index (χ2n) is 9.90. The van der Waals surface area contributed by atoms with E-state index in [1.807, 2.05) is 0 Å². The van der Waals surface area contributed by atoms with Crippen LogP contribution in [0.1, 0.15) is 78.6 Å². The van der Waals surface area contributed by atoms with Crippen LogP contribution in [0, 0.1) is 23.2 Å². The van der Waals surface area contributed by atoms with Gasteiger partial charge in [-0.3, -0.25) is 0 Å². The molecule has 3 aliphatic rings. The van der Waals surface area contributed by atoms with Gasteiger partial charge in [0.25, 0.3) is 0 Å². The van der Waals surface area contributed by atoms with Gasteiger partial charge in [-0.15, -0.1) is 0 Å². The maximum Gasteiger partial charge on any atom is 0.0697 e. The quantitative estimate of drug-likeness (QED) is 0.819. The fraction of sp³-hybridized carbons (Fsp3) is 1.00. The van der Waals surface area contributed by atoms with E-state index in [-0.39, 0.29) is 0 Å². The van der Waals surface area contributed by atoms with Gasteiger partial charge in [0.15, 0.2) is 0 Å². The molecule has 2 atom stereocenters. The Kier molecular flexibility index (Phi) is 5.10. The van der Waals surface area contributed by atoms with Crippen molar-refractivity contribution in [2.24, 2.45) is 23.2 Å². The highest BCUT2D eigenvalue weighted by Crippen LogP contribution is 2.60. The van der Waals surface area contributed by atoms with Crippen LogP contribution < -0.4 is 0 Å². The molecular formula is C21H39NO2. The summed E-state index contributed by atoms with van der Waals surface area (Å²) < 4.78 is 0. The maximum atomic E-state index is 11.1. The van der Waals surface area contributed by atoms with E-state index >= 15 is 0 Å². The number of aliphatic hydroxyl groups is 2. The molecular weight excluding hydrogens is 298 g/mol. The molecule has 3 fully saturated rings. The van der Waals surface area contributed by atoms with Gasteiger partial charge in [-0.2, -0.15) is 0 Å². The lowest BCUT2D eigenvalue weighted by atomic mass is 9.49. The van der Waals surface area contributed by atoms with Crippen LogP contribution in [0.3, 0.4) is 0 Å². The third-order valence-electron chi connectivity index (χ3n) is 8.45. The lowest BCUT2D eigenvalue weighted by Crippen LogP contribution is -2.52. The van der Waals surface area contributed by atoms with E-state index in [4.69, 9.17) is 0 Å². The topological polar surface area (TPSA) is 43.7 Å². The molecule has 0 radical (unpaired) electrons. The molecule has 3 nitrogen and oxygen atoms in total. The van der Waals surface area contributed by atoms with Crippen molar-refractivity contribution in [3.8, 4) is 0 Å². The fourth-order valence-electron chi connectivity index (χ4n) is 5.69. The third-order valence-corrected chi connectivity index (χ3v) is 8.45. The van der Waals surface area contributed by atoms with Gasteiger partial charge in [0.05, 0.1) is 11.2 Å². The smallest absolute Gasteiger partial charge is 0.0697 e. The molecule has 2 aliphatic carbocycles. The van der Waals surface area contributed by atoms with Crippen molar-refractivity contribution >= 4 is 0 Å². The molecule has 1 aliphatic heterocycles. The molecule has 0 aromatic heterocycles. The second-order valence-corrected chi connectivity index (χ2v) is 9.90. The third kappa shape index (κ3) is 3.29. The average molecular weight is 338 g/mol. The minimum Gasteiger partial charge on any atom is -0.390 e. The van der Waals surface area contributed by atoms with Gasteiger partial charge in [0.1, 0.15) is 0 Å². The molecule has 24 heavy (non-hydrogen) atoms. The molecule has 0 bridgehead atoms. The summed E-state index contributed by atoms with van der Waals surface area (Å²) in [7, 11) is 2.16. The van der Waals surface area contributed by atoms with Crippen LogP contribution >= 0.6 is 0 Å². The molecule has 1 saturated heterocycles. The number of hydrogen-bond acceptors (Lipinski definition) is 3. The fourth-order valence-corrected chi connectivity index (χ4v) is 5.69.